The van der Waals surface area contributed by atoms with Gasteiger partial charge in [-0.05, 0) is 25.8 Å². The number of halogens is 1. The lowest BCUT2D eigenvalue weighted by Crippen LogP contribution is -2.00. The van der Waals surface area contributed by atoms with Crippen LogP contribution in [0, 0.1) is 6.92 Å². The van der Waals surface area contributed by atoms with E-state index in [-0.39, 0.29) is 5.38 Å². The van der Waals surface area contributed by atoms with Crippen LogP contribution in [0.3, 0.4) is 0 Å². The summed E-state index contributed by atoms with van der Waals surface area (Å²) in [5, 5.41) is -0.147. The van der Waals surface area contributed by atoms with E-state index in [1.165, 1.54) is 12.8 Å². The lowest BCUT2D eigenvalue weighted by Gasteiger charge is -2.00. The van der Waals surface area contributed by atoms with Crippen LogP contribution in [-0.4, -0.2) is 12.0 Å². The second kappa shape index (κ2) is 7.93. The SMILES string of the molecule is [CH2]C(Cl)CO/C=C/CCCC. The van der Waals surface area contributed by atoms with Crippen molar-refractivity contribution in [2.45, 2.75) is 31.6 Å². The van der Waals surface area contributed by atoms with Gasteiger partial charge in [-0.15, -0.1) is 11.6 Å². The third kappa shape index (κ3) is 9.83. The minimum absolute atomic E-state index is 0.147. The van der Waals surface area contributed by atoms with Crippen molar-refractivity contribution in [1.82, 2.24) is 0 Å². The number of hydrogen-bond acceptors (Lipinski definition) is 1. The van der Waals surface area contributed by atoms with Crippen LogP contribution >= 0.6 is 11.6 Å². The molecular formula is C9H16ClO. The van der Waals surface area contributed by atoms with Crippen molar-refractivity contribution < 1.29 is 4.74 Å². The molecule has 0 aliphatic heterocycles. The van der Waals surface area contributed by atoms with Gasteiger partial charge in [0.2, 0.25) is 0 Å². The first kappa shape index (κ1) is 10.8. The quantitative estimate of drug-likeness (QED) is 0.342. The minimum atomic E-state index is -0.147. The molecule has 0 rings (SSSR count). The van der Waals surface area contributed by atoms with Gasteiger partial charge in [-0.3, -0.25) is 0 Å². The third-order valence-electron chi connectivity index (χ3n) is 1.19. The molecule has 1 radical (unpaired) electrons. The highest BCUT2D eigenvalue weighted by atomic mass is 35.5. The van der Waals surface area contributed by atoms with Crippen molar-refractivity contribution in [2.75, 3.05) is 6.61 Å². The van der Waals surface area contributed by atoms with E-state index in [2.05, 4.69) is 13.8 Å². The maximum Gasteiger partial charge on any atom is 0.104 e. The molecule has 0 aliphatic rings. The van der Waals surface area contributed by atoms with Gasteiger partial charge in [0.05, 0.1) is 11.6 Å². The highest BCUT2D eigenvalue weighted by molar-refractivity contribution is 6.21. The number of unbranched alkanes of at least 4 members (excludes halogenated alkanes) is 2. The van der Waals surface area contributed by atoms with Crippen molar-refractivity contribution in [3.05, 3.63) is 19.3 Å². The predicted molar refractivity (Wildman–Crippen MR) is 49.6 cm³/mol. The Labute approximate surface area is 74.4 Å². The molecular weight excluding hydrogens is 160 g/mol. The zero-order chi connectivity index (χ0) is 8.53. The normalized spacial score (nSPS) is 13.7. The second-order valence-electron chi connectivity index (χ2n) is 2.44. The van der Waals surface area contributed by atoms with E-state index in [9.17, 15) is 0 Å². The molecule has 65 valence electrons. The van der Waals surface area contributed by atoms with Gasteiger partial charge in [0, 0.05) is 0 Å². The first-order valence-corrected chi connectivity index (χ1v) is 4.44. The first-order valence-electron chi connectivity index (χ1n) is 4.01. The Hall–Kier alpha value is -0.170. The van der Waals surface area contributed by atoms with E-state index >= 15 is 0 Å². The molecule has 0 aliphatic carbocycles. The van der Waals surface area contributed by atoms with E-state index in [1.54, 1.807) is 6.26 Å². The molecule has 0 aromatic heterocycles. The standard InChI is InChI=1S/C9H16ClO/c1-3-4-5-6-7-11-8-9(2)10/h6-7,9H,2-5,8H2,1H3/b7-6+. The monoisotopic (exact) mass is 175 g/mol. The molecule has 0 fully saturated rings. The first-order chi connectivity index (χ1) is 5.27. The van der Waals surface area contributed by atoms with Gasteiger partial charge < -0.3 is 4.74 Å². The van der Waals surface area contributed by atoms with E-state index in [4.69, 9.17) is 16.3 Å². The molecule has 0 aromatic carbocycles. The maximum atomic E-state index is 5.55. The average molecular weight is 176 g/mol. The zero-order valence-corrected chi connectivity index (χ0v) is 7.81. The van der Waals surface area contributed by atoms with Crippen molar-refractivity contribution in [3.63, 3.8) is 0 Å². The van der Waals surface area contributed by atoms with Crippen molar-refractivity contribution in [3.8, 4) is 0 Å². The van der Waals surface area contributed by atoms with E-state index < -0.39 is 0 Å². The molecule has 1 atom stereocenters. The van der Waals surface area contributed by atoms with Crippen LogP contribution < -0.4 is 0 Å². The Morgan fingerprint density at radius 2 is 2.36 bits per heavy atom. The summed E-state index contributed by atoms with van der Waals surface area (Å²) in [5.41, 5.74) is 0. The van der Waals surface area contributed by atoms with Gasteiger partial charge in [0.15, 0.2) is 0 Å². The Bertz CT molecular complexity index is 99.7. The molecule has 0 bridgehead atoms. The number of alkyl halides is 1. The minimum Gasteiger partial charge on any atom is -0.500 e. The molecule has 11 heavy (non-hydrogen) atoms. The molecule has 0 saturated carbocycles. The summed E-state index contributed by atoms with van der Waals surface area (Å²) in [6, 6.07) is 0. The van der Waals surface area contributed by atoms with Crippen molar-refractivity contribution in [2.24, 2.45) is 0 Å². The Kier molecular flexibility index (Phi) is 7.81. The second-order valence-corrected chi connectivity index (χ2v) is 3.06. The van der Waals surface area contributed by atoms with Crippen molar-refractivity contribution in [1.29, 1.82) is 0 Å². The molecule has 1 nitrogen and oxygen atoms in total. The molecule has 1 unspecified atom stereocenters. The average Bonchev–Trinajstić information content (AvgIpc) is 1.96. The van der Waals surface area contributed by atoms with Crippen LogP contribution in [0.5, 0.6) is 0 Å². The Morgan fingerprint density at radius 3 is 2.91 bits per heavy atom. The maximum absolute atomic E-state index is 5.55. The highest BCUT2D eigenvalue weighted by Gasteiger charge is 1.91. The van der Waals surface area contributed by atoms with Crippen LogP contribution in [0.4, 0.5) is 0 Å². The lowest BCUT2D eigenvalue weighted by molar-refractivity contribution is 0.256. The van der Waals surface area contributed by atoms with Crippen molar-refractivity contribution >= 4 is 11.6 Å². The van der Waals surface area contributed by atoms with Crippen LogP contribution in [0.1, 0.15) is 26.2 Å². The smallest absolute Gasteiger partial charge is 0.104 e. The van der Waals surface area contributed by atoms with Gasteiger partial charge >= 0.3 is 0 Å². The molecule has 0 heterocycles. The molecule has 0 saturated heterocycles. The van der Waals surface area contributed by atoms with Gasteiger partial charge in [-0.2, -0.15) is 0 Å². The fraction of sp³-hybridized carbons (Fsp3) is 0.667. The van der Waals surface area contributed by atoms with Crippen LogP contribution in [-0.2, 0) is 4.74 Å². The third-order valence-corrected chi connectivity index (χ3v) is 1.32. The Balaban J connectivity index is 3.03. The molecule has 0 spiro atoms. The zero-order valence-electron chi connectivity index (χ0n) is 7.05. The van der Waals surface area contributed by atoms with Gasteiger partial charge in [0.1, 0.15) is 6.61 Å². The fourth-order valence-corrected chi connectivity index (χ4v) is 0.691. The highest BCUT2D eigenvalue weighted by Crippen LogP contribution is 1.97. The van der Waals surface area contributed by atoms with Gasteiger partial charge in [0.25, 0.3) is 0 Å². The van der Waals surface area contributed by atoms with E-state index in [0.717, 1.165) is 6.42 Å². The topological polar surface area (TPSA) is 9.23 Å². The van der Waals surface area contributed by atoms with Gasteiger partial charge in [-0.1, -0.05) is 13.3 Å². The van der Waals surface area contributed by atoms with Crippen LogP contribution in [0.15, 0.2) is 12.3 Å². The van der Waals surface area contributed by atoms with Crippen LogP contribution in [0.2, 0.25) is 0 Å². The number of hydrogen-bond donors (Lipinski definition) is 0. The summed E-state index contributed by atoms with van der Waals surface area (Å²) in [4.78, 5) is 0. The summed E-state index contributed by atoms with van der Waals surface area (Å²) in [7, 11) is 0. The number of allylic oxidation sites excluding steroid dienone is 1. The predicted octanol–water partition coefficient (Wildman–Crippen LogP) is 3.15. The summed E-state index contributed by atoms with van der Waals surface area (Å²) >= 11 is 5.55. The summed E-state index contributed by atoms with van der Waals surface area (Å²) in [5.74, 6) is 0. The molecule has 2 heteroatoms. The molecule has 0 aromatic rings. The fourth-order valence-electron chi connectivity index (χ4n) is 0.618. The summed E-state index contributed by atoms with van der Waals surface area (Å²) < 4.78 is 5.07. The van der Waals surface area contributed by atoms with Gasteiger partial charge in [-0.25, -0.2) is 0 Å². The van der Waals surface area contributed by atoms with E-state index in [1.807, 2.05) is 6.08 Å². The number of rotatable bonds is 6. The largest absolute Gasteiger partial charge is 0.500 e. The number of ether oxygens (including phenoxy) is 1. The lowest BCUT2D eigenvalue weighted by atomic mass is 10.2. The van der Waals surface area contributed by atoms with Crippen LogP contribution in [0.25, 0.3) is 0 Å². The molecule has 0 N–H and O–H groups in total. The Morgan fingerprint density at radius 1 is 1.64 bits per heavy atom. The summed E-state index contributed by atoms with van der Waals surface area (Å²) in [6.07, 6.45) is 7.24. The van der Waals surface area contributed by atoms with E-state index in [0.29, 0.717) is 6.61 Å². The molecule has 0 amide bonds. The summed E-state index contributed by atoms with van der Waals surface area (Å²) in [6.45, 7) is 6.24.